The lowest BCUT2D eigenvalue weighted by atomic mass is 9.85. The fourth-order valence-electron chi connectivity index (χ4n) is 3.30. The van der Waals surface area contributed by atoms with Crippen molar-refractivity contribution in [3.05, 3.63) is 77.4 Å². The number of hydrogen-bond acceptors (Lipinski definition) is 2. The normalized spacial score (nSPS) is 11.9. The van der Waals surface area contributed by atoms with Gasteiger partial charge in [-0.15, -0.1) is 0 Å². The number of furan rings is 1. The van der Waals surface area contributed by atoms with Gasteiger partial charge in [-0.25, -0.2) is 4.98 Å². The van der Waals surface area contributed by atoms with Gasteiger partial charge in [0.2, 0.25) is 5.71 Å². The van der Waals surface area contributed by atoms with Crippen LogP contribution in [0.2, 0.25) is 0 Å². The Balaban J connectivity index is 1.78. The van der Waals surface area contributed by atoms with Crippen LogP contribution in [0.25, 0.3) is 33.7 Å². The molecule has 0 aliphatic rings. The Morgan fingerprint density at radius 1 is 0.741 bits per heavy atom. The van der Waals surface area contributed by atoms with E-state index in [1.165, 1.54) is 16.7 Å². The number of rotatable bonds is 2. The molecule has 2 aromatic heterocycles. The first kappa shape index (κ1) is 17.5. The lowest BCUT2D eigenvalue weighted by Gasteiger charge is -2.20. The second-order valence-corrected chi connectivity index (χ2v) is 8.41. The molecule has 2 heteroatoms. The molecule has 0 radical (unpaired) electrons. The summed E-state index contributed by atoms with van der Waals surface area (Å²) in [5.41, 5.74) is 7.75. The molecule has 0 amide bonds. The van der Waals surface area contributed by atoms with Crippen LogP contribution in [0.3, 0.4) is 0 Å². The highest BCUT2D eigenvalue weighted by atomic mass is 16.3. The molecule has 2 nitrogen and oxygen atoms in total. The van der Waals surface area contributed by atoms with Crippen LogP contribution >= 0.6 is 0 Å². The lowest BCUT2D eigenvalue weighted by molar-refractivity contribution is 0.590. The van der Waals surface area contributed by atoms with Crippen molar-refractivity contribution in [1.82, 2.24) is 4.98 Å². The zero-order valence-electron chi connectivity index (χ0n) is 16.6. The minimum absolute atomic E-state index is 0.105. The number of pyridine rings is 1. The molecule has 0 spiro atoms. The van der Waals surface area contributed by atoms with E-state index in [4.69, 9.17) is 9.40 Å². The molecule has 0 bridgehead atoms. The molecular formula is C25H25NO. The van der Waals surface area contributed by atoms with Crippen molar-refractivity contribution in [2.75, 3.05) is 0 Å². The van der Waals surface area contributed by atoms with Crippen molar-refractivity contribution in [2.24, 2.45) is 0 Å². The van der Waals surface area contributed by atoms with Crippen LogP contribution in [0.15, 0.2) is 65.1 Å². The molecule has 0 unspecified atom stereocenters. The second kappa shape index (κ2) is 6.38. The van der Waals surface area contributed by atoms with Gasteiger partial charge in [-0.3, -0.25) is 0 Å². The van der Waals surface area contributed by atoms with Crippen molar-refractivity contribution in [1.29, 1.82) is 0 Å². The molecule has 0 aliphatic carbocycles. The summed E-state index contributed by atoms with van der Waals surface area (Å²) in [4.78, 5) is 4.81. The van der Waals surface area contributed by atoms with E-state index in [1.807, 2.05) is 0 Å². The number of nitrogens with zero attached hydrogens (tertiary/aromatic N) is 1. The quantitative estimate of drug-likeness (QED) is 0.384. The smallest absolute Gasteiger partial charge is 0.227 e. The molecule has 0 saturated carbocycles. The molecule has 0 aliphatic heterocycles. The van der Waals surface area contributed by atoms with Gasteiger partial charge >= 0.3 is 0 Å². The summed E-state index contributed by atoms with van der Waals surface area (Å²) in [6.07, 6.45) is 0. The van der Waals surface area contributed by atoms with Crippen LogP contribution in [0.5, 0.6) is 0 Å². The number of hydrogen-bond donors (Lipinski definition) is 0. The Bertz CT molecular complexity index is 1110. The van der Waals surface area contributed by atoms with Crippen LogP contribution < -0.4 is 0 Å². The van der Waals surface area contributed by atoms with E-state index in [-0.39, 0.29) is 5.41 Å². The SMILES string of the molecule is Cc1ccc(-c2cc3ccc(-c4cc(C)cc(C(C)(C)C)c4)nc3o2)cc1. The van der Waals surface area contributed by atoms with Gasteiger partial charge < -0.3 is 4.42 Å². The lowest BCUT2D eigenvalue weighted by Crippen LogP contribution is -2.11. The Hall–Kier alpha value is -2.87. The van der Waals surface area contributed by atoms with Crippen LogP contribution in [-0.4, -0.2) is 4.98 Å². The molecule has 0 atom stereocenters. The van der Waals surface area contributed by atoms with Crippen LogP contribution in [0, 0.1) is 13.8 Å². The molecule has 2 heterocycles. The van der Waals surface area contributed by atoms with Gasteiger partial charge in [-0.05, 0) is 55.2 Å². The first-order valence-corrected chi connectivity index (χ1v) is 9.40. The van der Waals surface area contributed by atoms with E-state index in [1.54, 1.807) is 0 Å². The summed E-state index contributed by atoms with van der Waals surface area (Å²) in [5.74, 6) is 0.856. The van der Waals surface area contributed by atoms with E-state index in [0.29, 0.717) is 5.71 Å². The number of aryl methyl sites for hydroxylation is 2. The Morgan fingerprint density at radius 3 is 2.19 bits per heavy atom. The van der Waals surface area contributed by atoms with E-state index < -0.39 is 0 Å². The number of benzene rings is 2. The maximum absolute atomic E-state index is 6.07. The molecule has 4 aromatic rings. The summed E-state index contributed by atoms with van der Waals surface area (Å²) in [6, 6.07) is 21.3. The third-order valence-electron chi connectivity index (χ3n) is 4.96. The maximum Gasteiger partial charge on any atom is 0.227 e. The van der Waals surface area contributed by atoms with Gasteiger partial charge in [0.1, 0.15) is 5.76 Å². The first-order chi connectivity index (χ1) is 12.8. The minimum atomic E-state index is 0.105. The van der Waals surface area contributed by atoms with Crippen LogP contribution in [0.4, 0.5) is 0 Å². The highest BCUT2D eigenvalue weighted by molar-refractivity contribution is 5.82. The van der Waals surface area contributed by atoms with Crippen LogP contribution in [-0.2, 0) is 5.41 Å². The third-order valence-corrected chi connectivity index (χ3v) is 4.96. The van der Waals surface area contributed by atoms with Gasteiger partial charge in [0.05, 0.1) is 5.69 Å². The highest BCUT2D eigenvalue weighted by Crippen LogP contribution is 2.31. The van der Waals surface area contributed by atoms with Gasteiger partial charge in [0, 0.05) is 16.5 Å². The second-order valence-electron chi connectivity index (χ2n) is 8.41. The Kier molecular flexibility index (Phi) is 4.15. The van der Waals surface area contributed by atoms with E-state index >= 15 is 0 Å². The molecule has 27 heavy (non-hydrogen) atoms. The minimum Gasteiger partial charge on any atom is -0.438 e. The fourth-order valence-corrected chi connectivity index (χ4v) is 3.30. The predicted octanol–water partition coefficient (Wildman–Crippen LogP) is 7.08. The molecule has 0 fully saturated rings. The van der Waals surface area contributed by atoms with Crippen molar-refractivity contribution >= 4 is 11.1 Å². The van der Waals surface area contributed by atoms with E-state index in [0.717, 1.165) is 28.0 Å². The number of fused-ring (bicyclic) bond motifs is 1. The molecule has 2 aromatic carbocycles. The zero-order chi connectivity index (χ0) is 19.2. The summed E-state index contributed by atoms with van der Waals surface area (Å²) < 4.78 is 6.07. The summed E-state index contributed by atoms with van der Waals surface area (Å²) in [5, 5.41) is 1.03. The monoisotopic (exact) mass is 355 g/mol. The van der Waals surface area contributed by atoms with Gasteiger partial charge in [-0.2, -0.15) is 0 Å². The molecular weight excluding hydrogens is 330 g/mol. The Morgan fingerprint density at radius 2 is 1.48 bits per heavy atom. The van der Waals surface area contributed by atoms with Crippen LogP contribution in [0.1, 0.15) is 37.5 Å². The van der Waals surface area contributed by atoms with Gasteiger partial charge in [0.25, 0.3) is 0 Å². The maximum atomic E-state index is 6.07. The summed E-state index contributed by atoms with van der Waals surface area (Å²) >= 11 is 0. The summed E-state index contributed by atoms with van der Waals surface area (Å²) in [7, 11) is 0. The average molecular weight is 355 g/mol. The van der Waals surface area contributed by atoms with E-state index in [9.17, 15) is 0 Å². The molecule has 0 saturated heterocycles. The zero-order valence-corrected chi connectivity index (χ0v) is 16.6. The summed E-state index contributed by atoms with van der Waals surface area (Å²) in [6.45, 7) is 10.9. The number of aromatic nitrogens is 1. The van der Waals surface area contributed by atoms with Crippen molar-refractivity contribution in [3.8, 4) is 22.6 Å². The van der Waals surface area contributed by atoms with Crippen molar-refractivity contribution in [3.63, 3.8) is 0 Å². The predicted molar refractivity (Wildman–Crippen MR) is 113 cm³/mol. The molecule has 136 valence electrons. The Labute approximate surface area is 160 Å². The van der Waals surface area contributed by atoms with E-state index in [2.05, 4.69) is 95.3 Å². The highest BCUT2D eigenvalue weighted by Gasteiger charge is 2.16. The standard InChI is InChI=1S/C25H25NO/c1-16-6-8-18(9-7-16)23-15-19-10-11-22(26-24(19)27-23)20-12-17(2)13-21(14-20)25(3,4)5/h6-15H,1-5H3. The average Bonchev–Trinajstić information content (AvgIpc) is 3.04. The van der Waals surface area contributed by atoms with Crippen molar-refractivity contribution < 1.29 is 4.42 Å². The third kappa shape index (κ3) is 3.52. The molecule has 0 N–H and O–H groups in total. The van der Waals surface area contributed by atoms with Gasteiger partial charge in [0.15, 0.2) is 0 Å². The largest absolute Gasteiger partial charge is 0.438 e. The first-order valence-electron chi connectivity index (χ1n) is 9.40. The van der Waals surface area contributed by atoms with Gasteiger partial charge in [-0.1, -0.05) is 62.2 Å². The van der Waals surface area contributed by atoms with Crippen molar-refractivity contribution in [2.45, 2.75) is 40.0 Å². The fraction of sp³-hybridized carbons (Fsp3) is 0.240. The topological polar surface area (TPSA) is 26.0 Å². The molecule has 4 rings (SSSR count).